The molecule has 3 heterocycles. The molecular formula is C15H13N3O5. The van der Waals surface area contributed by atoms with Crippen molar-refractivity contribution in [3.63, 3.8) is 0 Å². The molecule has 8 heteroatoms. The van der Waals surface area contributed by atoms with Crippen molar-refractivity contribution in [2.45, 2.75) is 6.92 Å². The molecule has 0 aliphatic heterocycles. The van der Waals surface area contributed by atoms with Crippen LogP contribution in [0.3, 0.4) is 0 Å². The van der Waals surface area contributed by atoms with Crippen LogP contribution < -0.4 is 0 Å². The van der Waals surface area contributed by atoms with E-state index in [0.717, 1.165) is 0 Å². The van der Waals surface area contributed by atoms with Gasteiger partial charge in [0, 0.05) is 12.3 Å². The molecule has 0 saturated heterocycles. The predicted molar refractivity (Wildman–Crippen MR) is 78.9 cm³/mol. The number of furan rings is 1. The summed E-state index contributed by atoms with van der Waals surface area (Å²) in [5, 5.41) is 0. The zero-order valence-electron chi connectivity index (χ0n) is 12.5. The molecule has 0 aliphatic carbocycles. The number of hydrogen-bond donors (Lipinski definition) is 1. The molecule has 0 radical (unpaired) electrons. The lowest BCUT2D eigenvalue weighted by Gasteiger charge is -1.98. The second-order valence-electron chi connectivity index (χ2n) is 4.55. The lowest BCUT2D eigenvalue weighted by Crippen LogP contribution is -2.02. The Balaban J connectivity index is 2.01. The summed E-state index contributed by atoms with van der Waals surface area (Å²) in [4.78, 5) is 34.7. The monoisotopic (exact) mass is 315 g/mol. The number of imidazole rings is 1. The summed E-state index contributed by atoms with van der Waals surface area (Å²) in [5.41, 5.74) is 1.37. The van der Waals surface area contributed by atoms with Gasteiger partial charge in [0.05, 0.1) is 30.4 Å². The van der Waals surface area contributed by atoms with E-state index in [1.807, 2.05) is 0 Å². The molecular weight excluding hydrogens is 302 g/mol. The highest BCUT2D eigenvalue weighted by Gasteiger charge is 2.18. The molecule has 1 N–H and O–H groups in total. The van der Waals surface area contributed by atoms with Crippen LogP contribution in [0.5, 0.6) is 0 Å². The van der Waals surface area contributed by atoms with Crippen molar-refractivity contribution in [3.05, 3.63) is 35.7 Å². The van der Waals surface area contributed by atoms with Crippen molar-refractivity contribution in [3.8, 4) is 11.6 Å². The van der Waals surface area contributed by atoms with Crippen molar-refractivity contribution in [2.75, 3.05) is 13.7 Å². The number of nitrogens with zero attached hydrogens (tertiary/aromatic N) is 2. The second kappa shape index (κ2) is 5.91. The molecule has 3 rings (SSSR count). The van der Waals surface area contributed by atoms with Crippen LogP contribution in [0.1, 0.15) is 27.6 Å². The molecule has 0 bridgehead atoms. The minimum atomic E-state index is -0.501. The molecule has 23 heavy (non-hydrogen) atoms. The molecule has 3 aromatic heterocycles. The Morgan fingerprint density at radius 3 is 2.91 bits per heavy atom. The minimum absolute atomic E-state index is 0.274. The summed E-state index contributed by atoms with van der Waals surface area (Å²) in [6.45, 7) is 1.99. The Kier molecular flexibility index (Phi) is 3.80. The molecule has 0 spiro atoms. The van der Waals surface area contributed by atoms with E-state index in [9.17, 15) is 9.59 Å². The van der Waals surface area contributed by atoms with Gasteiger partial charge in [0.25, 0.3) is 0 Å². The number of rotatable bonds is 4. The summed E-state index contributed by atoms with van der Waals surface area (Å²) in [7, 11) is 1.30. The van der Waals surface area contributed by atoms with E-state index in [4.69, 9.17) is 13.9 Å². The number of pyridine rings is 1. The number of carbonyl (C=O) groups excluding carboxylic acids is 2. The van der Waals surface area contributed by atoms with E-state index >= 15 is 0 Å². The maximum absolute atomic E-state index is 11.8. The van der Waals surface area contributed by atoms with Crippen molar-refractivity contribution >= 4 is 23.1 Å². The van der Waals surface area contributed by atoms with E-state index < -0.39 is 11.9 Å². The van der Waals surface area contributed by atoms with E-state index in [2.05, 4.69) is 15.0 Å². The first kappa shape index (κ1) is 14.8. The first-order valence-corrected chi connectivity index (χ1v) is 6.83. The second-order valence-corrected chi connectivity index (χ2v) is 4.55. The van der Waals surface area contributed by atoms with Gasteiger partial charge in [-0.15, -0.1) is 0 Å². The van der Waals surface area contributed by atoms with Crippen molar-refractivity contribution in [1.29, 1.82) is 0 Å². The zero-order chi connectivity index (χ0) is 16.4. The molecule has 0 unspecified atom stereocenters. The number of nitrogens with one attached hydrogen (secondary N) is 1. The fourth-order valence-electron chi connectivity index (χ4n) is 2.09. The van der Waals surface area contributed by atoms with Crippen LogP contribution in [0.25, 0.3) is 22.7 Å². The summed E-state index contributed by atoms with van der Waals surface area (Å²) in [6, 6.07) is 3.04. The van der Waals surface area contributed by atoms with Crippen LogP contribution >= 0.6 is 0 Å². The fraction of sp³-hybridized carbons (Fsp3) is 0.200. The first-order chi connectivity index (χ1) is 11.1. The van der Waals surface area contributed by atoms with Gasteiger partial charge in [-0.1, -0.05) is 0 Å². The normalized spacial score (nSPS) is 10.7. The number of aromatic nitrogens is 3. The minimum Gasteiger partial charge on any atom is -0.465 e. The van der Waals surface area contributed by atoms with Gasteiger partial charge >= 0.3 is 11.9 Å². The molecule has 0 amide bonds. The number of fused-ring (bicyclic) bond motifs is 1. The van der Waals surface area contributed by atoms with Crippen LogP contribution in [0.15, 0.2) is 29.0 Å². The van der Waals surface area contributed by atoms with Crippen LogP contribution in [-0.4, -0.2) is 40.6 Å². The highest BCUT2D eigenvalue weighted by Crippen LogP contribution is 2.24. The third-order valence-electron chi connectivity index (χ3n) is 3.14. The largest absolute Gasteiger partial charge is 0.465 e. The smallest absolute Gasteiger partial charge is 0.341 e. The third kappa shape index (κ3) is 2.66. The topological polar surface area (TPSA) is 107 Å². The van der Waals surface area contributed by atoms with Gasteiger partial charge in [0.15, 0.2) is 17.2 Å². The number of H-pyrrole nitrogens is 1. The highest BCUT2D eigenvalue weighted by atomic mass is 16.5. The summed E-state index contributed by atoms with van der Waals surface area (Å²) >= 11 is 0. The first-order valence-electron chi connectivity index (χ1n) is 6.83. The zero-order valence-corrected chi connectivity index (χ0v) is 12.5. The van der Waals surface area contributed by atoms with Gasteiger partial charge in [-0.25, -0.2) is 19.6 Å². The van der Waals surface area contributed by atoms with Gasteiger partial charge in [0.2, 0.25) is 0 Å². The summed E-state index contributed by atoms with van der Waals surface area (Å²) in [6.07, 6.45) is 2.75. The number of methoxy groups -OCH3 is 1. The molecule has 8 nitrogen and oxygen atoms in total. The molecule has 3 aromatic rings. The Morgan fingerprint density at radius 2 is 2.17 bits per heavy atom. The summed E-state index contributed by atoms with van der Waals surface area (Å²) < 4.78 is 15.0. The van der Waals surface area contributed by atoms with Gasteiger partial charge in [-0.05, 0) is 13.0 Å². The Morgan fingerprint density at radius 1 is 1.35 bits per heavy atom. The van der Waals surface area contributed by atoms with Crippen molar-refractivity contribution < 1.29 is 23.5 Å². The lowest BCUT2D eigenvalue weighted by molar-refractivity contribution is 0.0524. The number of aromatic amines is 1. The number of carbonyl (C=O) groups is 2. The number of esters is 2. The highest BCUT2D eigenvalue weighted by molar-refractivity contribution is 6.01. The Bertz CT molecular complexity index is 880. The maximum Gasteiger partial charge on any atom is 0.341 e. The maximum atomic E-state index is 11.8. The molecule has 0 fully saturated rings. The molecule has 0 saturated carbocycles. The van der Waals surface area contributed by atoms with Gasteiger partial charge < -0.3 is 18.9 Å². The third-order valence-corrected chi connectivity index (χ3v) is 3.14. The molecule has 0 aromatic carbocycles. The predicted octanol–water partition coefficient (Wildman–Crippen LogP) is 2.18. The molecule has 0 aliphatic rings. The quantitative estimate of drug-likeness (QED) is 0.735. The molecule has 0 atom stereocenters. The van der Waals surface area contributed by atoms with Gasteiger partial charge in [0.1, 0.15) is 6.26 Å². The van der Waals surface area contributed by atoms with Crippen LogP contribution in [0, 0.1) is 0 Å². The Hall–Kier alpha value is -3.16. The average molecular weight is 315 g/mol. The van der Waals surface area contributed by atoms with E-state index in [1.54, 1.807) is 6.92 Å². The van der Waals surface area contributed by atoms with Crippen molar-refractivity contribution in [1.82, 2.24) is 15.0 Å². The SMILES string of the molecule is CCOC(=O)c1coc(-c2nc3nccc(C(=O)OC)c3[nH]2)c1. The van der Waals surface area contributed by atoms with Gasteiger partial charge in [-0.3, -0.25) is 0 Å². The number of hydrogen-bond acceptors (Lipinski definition) is 7. The lowest BCUT2D eigenvalue weighted by atomic mass is 10.2. The average Bonchev–Trinajstić information content (AvgIpc) is 3.20. The van der Waals surface area contributed by atoms with Crippen molar-refractivity contribution in [2.24, 2.45) is 0 Å². The van der Waals surface area contributed by atoms with E-state index in [-0.39, 0.29) is 12.2 Å². The molecule has 118 valence electrons. The van der Waals surface area contributed by atoms with Crippen LogP contribution in [0.2, 0.25) is 0 Å². The standard InChI is InChI=1S/C15H13N3O5/c1-3-22-14(19)8-6-10(23-7-8)12-17-11-9(15(20)21-2)4-5-16-13(11)18-12/h4-7H,3H2,1-2H3,(H,16,17,18). The summed E-state index contributed by atoms with van der Waals surface area (Å²) in [5.74, 6) is -0.299. The van der Waals surface area contributed by atoms with Crippen LogP contribution in [0.4, 0.5) is 0 Å². The van der Waals surface area contributed by atoms with Crippen LogP contribution in [-0.2, 0) is 9.47 Å². The van der Waals surface area contributed by atoms with Gasteiger partial charge in [-0.2, -0.15) is 0 Å². The Labute approximate surface area is 130 Å². The fourth-order valence-corrected chi connectivity index (χ4v) is 2.09. The number of ether oxygens (including phenoxy) is 2. The van der Waals surface area contributed by atoms with E-state index in [1.165, 1.54) is 31.7 Å². The van der Waals surface area contributed by atoms with E-state index in [0.29, 0.717) is 28.3 Å².